The van der Waals surface area contributed by atoms with E-state index in [1.807, 2.05) is 68.4 Å². The molecule has 2 N–H and O–H groups in total. The standard InChI is InChI=1S/C29H29N5O4/c1-17-10-8-11-19(16-17)27-32-29-30-18(2)24(28(35)31-21-13-6-7-14-22(21)36-3)25(34(29)33-27)20-12-9-15-23(37-4)26(20)38-5/h6-16,25H,1-5H3,(H,31,35)(H,30,32,33). The van der Waals surface area contributed by atoms with Crippen molar-refractivity contribution in [2.24, 2.45) is 0 Å². The van der Waals surface area contributed by atoms with Crippen LogP contribution in [0.3, 0.4) is 0 Å². The number of nitrogens with one attached hydrogen (secondary N) is 2. The van der Waals surface area contributed by atoms with E-state index in [4.69, 9.17) is 24.3 Å². The van der Waals surface area contributed by atoms with Crippen molar-refractivity contribution in [2.75, 3.05) is 32.0 Å². The summed E-state index contributed by atoms with van der Waals surface area (Å²) in [6.45, 7) is 3.87. The maximum absolute atomic E-state index is 13.9. The summed E-state index contributed by atoms with van der Waals surface area (Å²) in [4.78, 5) is 18.7. The molecule has 3 aromatic carbocycles. The fourth-order valence-corrected chi connectivity index (χ4v) is 4.70. The highest BCUT2D eigenvalue weighted by Crippen LogP contribution is 2.43. The Kier molecular flexibility index (Phi) is 6.74. The lowest BCUT2D eigenvalue weighted by atomic mass is 9.94. The highest BCUT2D eigenvalue weighted by atomic mass is 16.5. The van der Waals surface area contributed by atoms with E-state index in [1.54, 1.807) is 38.1 Å². The van der Waals surface area contributed by atoms with Gasteiger partial charge in [-0.3, -0.25) is 4.79 Å². The van der Waals surface area contributed by atoms with E-state index in [-0.39, 0.29) is 5.91 Å². The third-order valence-corrected chi connectivity index (χ3v) is 6.46. The first-order chi connectivity index (χ1) is 18.4. The molecule has 9 heteroatoms. The molecular weight excluding hydrogens is 482 g/mol. The number of methoxy groups -OCH3 is 3. The fraction of sp³-hybridized carbons (Fsp3) is 0.207. The second-order valence-corrected chi connectivity index (χ2v) is 8.88. The Bertz CT molecular complexity index is 1540. The summed E-state index contributed by atoms with van der Waals surface area (Å²) >= 11 is 0. The maximum Gasteiger partial charge on any atom is 0.255 e. The molecule has 1 aromatic heterocycles. The quantitative estimate of drug-likeness (QED) is 0.352. The number of anilines is 2. The minimum atomic E-state index is -0.655. The second-order valence-electron chi connectivity index (χ2n) is 8.88. The lowest BCUT2D eigenvalue weighted by Crippen LogP contribution is -2.32. The number of ether oxygens (including phenoxy) is 3. The first-order valence-electron chi connectivity index (χ1n) is 12.1. The molecule has 1 aliphatic heterocycles. The van der Waals surface area contributed by atoms with Crippen LogP contribution in [0.5, 0.6) is 17.2 Å². The molecule has 1 atom stereocenters. The van der Waals surface area contributed by atoms with Crippen LogP contribution in [0.4, 0.5) is 11.6 Å². The van der Waals surface area contributed by atoms with Crippen molar-refractivity contribution in [1.29, 1.82) is 0 Å². The van der Waals surface area contributed by atoms with Crippen LogP contribution in [-0.4, -0.2) is 42.0 Å². The molecular formula is C29H29N5O4. The Hall–Kier alpha value is -4.79. The van der Waals surface area contributed by atoms with E-state index in [0.29, 0.717) is 51.5 Å². The van der Waals surface area contributed by atoms with Crippen LogP contribution in [0.15, 0.2) is 78.0 Å². The fourth-order valence-electron chi connectivity index (χ4n) is 4.70. The number of amides is 1. The molecule has 0 aliphatic carbocycles. The van der Waals surface area contributed by atoms with Crippen LogP contribution in [0.25, 0.3) is 11.4 Å². The minimum Gasteiger partial charge on any atom is -0.495 e. The molecule has 0 saturated carbocycles. The number of aryl methyl sites for hydroxylation is 1. The molecule has 0 saturated heterocycles. The van der Waals surface area contributed by atoms with Crippen molar-refractivity contribution in [3.8, 4) is 28.6 Å². The van der Waals surface area contributed by atoms with Crippen molar-refractivity contribution < 1.29 is 19.0 Å². The Morgan fingerprint density at radius 3 is 2.39 bits per heavy atom. The molecule has 1 aliphatic rings. The summed E-state index contributed by atoms with van der Waals surface area (Å²) in [7, 11) is 4.72. The normalized spacial score (nSPS) is 14.4. The van der Waals surface area contributed by atoms with Gasteiger partial charge < -0.3 is 24.8 Å². The molecule has 2 heterocycles. The third kappa shape index (κ3) is 4.43. The van der Waals surface area contributed by atoms with E-state index < -0.39 is 6.04 Å². The first kappa shape index (κ1) is 24.9. The zero-order valence-corrected chi connectivity index (χ0v) is 21.9. The number of hydrogen-bond donors (Lipinski definition) is 2. The smallest absolute Gasteiger partial charge is 0.255 e. The van der Waals surface area contributed by atoms with Crippen molar-refractivity contribution in [3.63, 3.8) is 0 Å². The lowest BCUT2D eigenvalue weighted by Gasteiger charge is -2.30. The van der Waals surface area contributed by atoms with Gasteiger partial charge in [-0.1, -0.05) is 48.0 Å². The van der Waals surface area contributed by atoms with Gasteiger partial charge in [0.1, 0.15) is 11.8 Å². The van der Waals surface area contributed by atoms with E-state index in [1.165, 1.54) is 0 Å². The summed E-state index contributed by atoms with van der Waals surface area (Å²) in [6.07, 6.45) is 0. The van der Waals surface area contributed by atoms with Gasteiger partial charge in [-0.05, 0) is 38.1 Å². The Morgan fingerprint density at radius 2 is 1.66 bits per heavy atom. The number of carbonyl (C=O) groups is 1. The second kappa shape index (κ2) is 10.3. The van der Waals surface area contributed by atoms with E-state index in [9.17, 15) is 4.79 Å². The predicted octanol–water partition coefficient (Wildman–Crippen LogP) is 5.21. The molecule has 0 spiro atoms. The minimum absolute atomic E-state index is 0.312. The van der Waals surface area contributed by atoms with Crippen LogP contribution in [0.2, 0.25) is 0 Å². The summed E-state index contributed by atoms with van der Waals surface area (Å²) in [5.74, 6) is 2.36. The molecule has 1 unspecified atom stereocenters. The van der Waals surface area contributed by atoms with Crippen LogP contribution in [-0.2, 0) is 4.79 Å². The summed E-state index contributed by atoms with van der Waals surface area (Å²) in [5.41, 5.74) is 4.34. The summed E-state index contributed by atoms with van der Waals surface area (Å²) in [5, 5.41) is 11.2. The Morgan fingerprint density at radius 1 is 0.921 bits per heavy atom. The van der Waals surface area contributed by atoms with Gasteiger partial charge >= 0.3 is 0 Å². The number of aromatic nitrogens is 3. The van der Waals surface area contributed by atoms with Gasteiger partial charge in [0.25, 0.3) is 5.91 Å². The summed E-state index contributed by atoms with van der Waals surface area (Å²) < 4.78 is 18.5. The number of nitrogens with zero attached hydrogens (tertiary/aromatic N) is 3. The highest BCUT2D eigenvalue weighted by molar-refractivity contribution is 6.06. The molecule has 194 valence electrons. The zero-order valence-electron chi connectivity index (χ0n) is 21.9. The predicted molar refractivity (Wildman–Crippen MR) is 146 cm³/mol. The SMILES string of the molecule is COc1ccccc1NC(=O)C1=C(C)Nc2nc(-c3cccc(C)c3)nn2C1c1cccc(OC)c1OC. The number of hydrogen-bond acceptors (Lipinski definition) is 7. The van der Waals surface area contributed by atoms with Gasteiger partial charge in [0.05, 0.1) is 32.6 Å². The lowest BCUT2D eigenvalue weighted by molar-refractivity contribution is -0.113. The third-order valence-electron chi connectivity index (χ3n) is 6.46. The van der Waals surface area contributed by atoms with Crippen LogP contribution >= 0.6 is 0 Å². The molecule has 5 rings (SSSR count). The van der Waals surface area contributed by atoms with Gasteiger partial charge in [-0.25, -0.2) is 4.68 Å². The van der Waals surface area contributed by atoms with E-state index in [2.05, 4.69) is 10.6 Å². The number of para-hydroxylation sites is 3. The van der Waals surface area contributed by atoms with Gasteiger partial charge in [0.2, 0.25) is 5.95 Å². The maximum atomic E-state index is 13.9. The van der Waals surface area contributed by atoms with Gasteiger partial charge in [0, 0.05) is 16.8 Å². The largest absolute Gasteiger partial charge is 0.495 e. The number of allylic oxidation sites excluding steroid dienone is 1. The van der Waals surface area contributed by atoms with Crippen LogP contribution in [0.1, 0.15) is 24.1 Å². The molecule has 0 radical (unpaired) electrons. The van der Waals surface area contributed by atoms with Gasteiger partial charge in [-0.2, -0.15) is 4.98 Å². The monoisotopic (exact) mass is 511 g/mol. The van der Waals surface area contributed by atoms with Crippen LogP contribution in [0, 0.1) is 6.92 Å². The number of carbonyl (C=O) groups excluding carboxylic acids is 1. The highest BCUT2D eigenvalue weighted by Gasteiger charge is 2.37. The molecule has 0 bridgehead atoms. The Balaban J connectivity index is 1.67. The van der Waals surface area contributed by atoms with Crippen molar-refractivity contribution in [2.45, 2.75) is 19.9 Å². The zero-order chi connectivity index (χ0) is 26.8. The van der Waals surface area contributed by atoms with Crippen LogP contribution < -0.4 is 24.8 Å². The summed E-state index contributed by atoms with van der Waals surface area (Å²) in [6, 6.07) is 20.2. The molecule has 38 heavy (non-hydrogen) atoms. The Labute approximate surface area is 221 Å². The van der Waals surface area contributed by atoms with Crippen molar-refractivity contribution in [3.05, 3.63) is 89.1 Å². The average molecular weight is 512 g/mol. The molecule has 1 amide bonds. The first-order valence-corrected chi connectivity index (χ1v) is 12.1. The average Bonchev–Trinajstić information content (AvgIpc) is 3.35. The number of fused-ring (bicyclic) bond motifs is 1. The van der Waals surface area contributed by atoms with E-state index >= 15 is 0 Å². The topological polar surface area (TPSA) is 99.5 Å². The van der Waals surface area contributed by atoms with Gasteiger partial charge in [0.15, 0.2) is 17.3 Å². The number of rotatable bonds is 7. The van der Waals surface area contributed by atoms with E-state index in [0.717, 1.165) is 11.1 Å². The molecule has 4 aromatic rings. The molecule has 0 fully saturated rings. The van der Waals surface area contributed by atoms with Crippen molar-refractivity contribution in [1.82, 2.24) is 14.8 Å². The number of benzene rings is 3. The molecule has 9 nitrogen and oxygen atoms in total. The van der Waals surface area contributed by atoms with Crippen molar-refractivity contribution >= 4 is 17.5 Å². The van der Waals surface area contributed by atoms with Gasteiger partial charge in [-0.15, -0.1) is 5.10 Å².